The highest BCUT2D eigenvalue weighted by atomic mass is 32.2. The van der Waals surface area contributed by atoms with Crippen molar-refractivity contribution < 1.29 is 0 Å². The normalized spacial score (nSPS) is 10.6. The Labute approximate surface area is 87.9 Å². The largest absolute Gasteiger partial charge is 0.322 e. The van der Waals surface area contributed by atoms with Gasteiger partial charge in [-0.05, 0) is 12.2 Å². The average molecular weight is 203 g/mol. The molecule has 0 spiro atoms. The molecule has 0 fully saturated rings. The highest BCUT2D eigenvalue weighted by Crippen LogP contribution is 2.10. The fourth-order valence-electron chi connectivity index (χ4n) is 1.42. The van der Waals surface area contributed by atoms with E-state index in [1.54, 1.807) is 0 Å². The minimum atomic E-state index is 0.788. The molecule has 0 amide bonds. The first kappa shape index (κ1) is 13.3. The molecule has 2 heteroatoms. The van der Waals surface area contributed by atoms with E-state index in [1.807, 2.05) is 11.8 Å². The van der Waals surface area contributed by atoms with Gasteiger partial charge < -0.3 is 5.73 Å². The summed E-state index contributed by atoms with van der Waals surface area (Å²) in [6.45, 7) is 2.27. The molecule has 0 aromatic rings. The summed E-state index contributed by atoms with van der Waals surface area (Å²) in [6, 6.07) is 0. The molecule has 0 aromatic carbocycles. The van der Waals surface area contributed by atoms with Gasteiger partial charge in [0.05, 0.1) is 0 Å². The molecule has 0 saturated carbocycles. The molecule has 0 bridgehead atoms. The molecule has 2 N–H and O–H groups in total. The Hall–Kier alpha value is 0.310. The molecule has 0 unspecified atom stereocenters. The van der Waals surface area contributed by atoms with Crippen LogP contribution in [0.2, 0.25) is 0 Å². The van der Waals surface area contributed by atoms with Crippen LogP contribution in [-0.2, 0) is 0 Å². The Kier molecular flexibility index (Phi) is 12.6. The fourth-order valence-corrected chi connectivity index (χ4v) is 2.00. The van der Waals surface area contributed by atoms with Crippen LogP contribution in [0.3, 0.4) is 0 Å². The van der Waals surface area contributed by atoms with Crippen molar-refractivity contribution in [2.24, 2.45) is 5.73 Å². The lowest BCUT2D eigenvalue weighted by atomic mass is 10.1. The lowest BCUT2D eigenvalue weighted by molar-refractivity contribution is 0.586. The molecule has 1 nitrogen and oxygen atoms in total. The van der Waals surface area contributed by atoms with E-state index in [9.17, 15) is 0 Å². The lowest BCUT2D eigenvalue weighted by Gasteiger charge is -2.00. The first-order valence-electron chi connectivity index (χ1n) is 5.69. The van der Waals surface area contributed by atoms with Crippen LogP contribution in [0.25, 0.3) is 0 Å². The minimum Gasteiger partial charge on any atom is -0.322 e. The topological polar surface area (TPSA) is 26.0 Å². The SMILES string of the molecule is CCCCCCCCCCSCN. The van der Waals surface area contributed by atoms with Gasteiger partial charge in [0.1, 0.15) is 0 Å². The van der Waals surface area contributed by atoms with Gasteiger partial charge in [-0.1, -0.05) is 51.9 Å². The Bertz CT molecular complexity index is 76.2. The van der Waals surface area contributed by atoms with E-state index in [1.165, 1.54) is 57.1 Å². The van der Waals surface area contributed by atoms with E-state index in [4.69, 9.17) is 5.73 Å². The van der Waals surface area contributed by atoms with Crippen molar-refractivity contribution in [1.82, 2.24) is 0 Å². The van der Waals surface area contributed by atoms with E-state index in [0.29, 0.717) is 0 Å². The number of thioether (sulfide) groups is 1. The highest BCUT2D eigenvalue weighted by Gasteiger charge is 1.91. The van der Waals surface area contributed by atoms with Crippen molar-refractivity contribution in [2.75, 3.05) is 11.6 Å². The van der Waals surface area contributed by atoms with Crippen LogP contribution >= 0.6 is 11.8 Å². The minimum absolute atomic E-state index is 0.788. The summed E-state index contributed by atoms with van der Waals surface area (Å²) in [7, 11) is 0. The molecule has 0 radical (unpaired) electrons. The van der Waals surface area contributed by atoms with Crippen LogP contribution in [0.5, 0.6) is 0 Å². The summed E-state index contributed by atoms with van der Waals surface area (Å²) in [4.78, 5) is 0. The highest BCUT2D eigenvalue weighted by molar-refractivity contribution is 7.99. The van der Waals surface area contributed by atoms with E-state index in [0.717, 1.165) is 5.88 Å². The summed E-state index contributed by atoms with van der Waals surface area (Å²) < 4.78 is 0. The molecule has 0 saturated heterocycles. The predicted molar refractivity (Wildman–Crippen MR) is 64.1 cm³/mol. The molecule has 0 aliphatic rings. The first-order chi connectivity index (χ1) is 6.41. The van der Waals surface area contributed by atoms with Gasteiger partial charge in [-0.25, -0.2) is 0 Å². The van der Waals surface area contributed by atoms with Crippen molar-refractivity contribution in [3.63, 3.8) is 0 Å². The van der Waals surface area contributed by atoms with E-state index in [2.05, 4.69) is 6.92 Å². The maximum Gasteiger partial charge on any atom is 0.0392 e. The van der Waals surface area contributed by atoms with Crippen LogP contribution in [0.4, 0.5) is 0 Å². The second-order valence-corrected chi connectivity index (χ2v) is 4.70. The predicted octanol–water partition coefficient (Wildman–Crippen LogP) is 3.78. The van der Waals surface area contributed by atoms with E-state index < -0.39 is 0 Å². The molecule has 13 heavy (non-hydrogen) atoms. The van der Waals surface area contributed by atoms with E-state index >= 15 is 0 Å². The zero-order chi connectivity index (χ0) is 9.78. The van der Waals surface area contributed by atoms with Gasteiger partial charge in [0.2, 0.25) is 0 Å². The van der Waals surface area contributed by atoms with Gasteiger partial charge >= 0.3 is 0 Å². The number of unbranched alkanes of at least 4 members (excludes halogenated alkanes) is 7. The van der Waals surface area contributed by atoms with Gasteiger partial charge in [-0.3, -0.25) is 0 Å². The van der Waals surface area contributed by atoms with Crippen LogP contribution in [-0.4, -0.2) is 11.6 Å². The third-order valence-corrected chi connectivity index (χ3v) is 3.07. The fraction of sp³-hybridized carbons (Fsp3) is 1.00. The van der Waals surface area contributed by atoms with Crippen LogP contribution in [0.15, 0.2) is 0 Å². The van der Waals surface area contributed by atoms with Gasteiger partial charge in [0, 0.05) is 5.88 Å². The Morgan fingerprint density at radius 1 is 0.846 bits per heavy atom. The lowest BCUT2D eigenvalue weighted by Crippen LogP contribution is -1.93. The summed E-state index contributed by atoms with van der Waals surface area (Å²) in [5.41, 5.74) is 5.39. The molecule has 80 valence electrons. The first-order valence-corrected chi connectivity index (χ1v) is 6.85. The van der Waals surface area contributed by atoms with E-state index in [-0.39, 0.29) is 0 Å². The maximum atomic E-state index is 5.39. The van der Waals surface area contributed by atoms with Gasteiger partial charge in [-0.2, -0.15) is 0 Å². The zero-order valence-corrected chi connectivity index (χ0v) is 9.87. The van der Waals surface area contributed by atoms with Crippen molar-refractivity contribution in [3.05, 3.63) is 0 Å². The number of nitrogens with two attached hydrogens (primary N) is 1. The maximum absolute atomic E-state index is 5.39. The van der Waals surface area contributed by atoms with Crippen molar-refractivity contribution in [1.29, 1.82) is 0 Å². The number of hydrogen-bond donors (Lipinski definition) is 1. The second-order valence-electron chi connectivity index (χ2n) is 3.55. The van der Waals surface area contributed by atoms with Crippen molar-refractivity contribution >= 4 is 11.8 Å². The Balaban J connectivity index is 2.76. The van der Waals surface area contributed by atoms with Gasteiger partial charge in [0.15, 0.2) is 0 Å². The third-order valence-electron chi connectivity index (χ3n) is 2.26. The molecule has 0 aliphatic heterocycles. The average Bonchev–Trinajstić information content (AvgIpc) is 2.16. The summed E-state index contributed by atoms with van der Waals surface area (Å²) in [5.74, 6) is 2.04. The molecule has 0 aliphatic carbocycles. The molecular formula is C11H25NS. The number of hydrogen-bond acceptors (Lipinski definition) is 2. The smallest absolute Gasteiger partial charge is 0.0392 e. The van der Waals surface area contributed by atoms with Crippen LogP contribution < -0.4 is 5.73 Å². The number of rotatable bonds is 10. The van der Waals surface area contributed by atoms with Crippen molar-refractivity contribution in [2.45, 2.75) is 58.3 Å². The van der Waals surface area contributed by atoms with Crippen LogP contribution in [0.1, 0.15) is 58.3 Å². The zero-order valence-electron chi connectivity index (χ0n) is 9.06. The monoisotopic (exact) mass is 203 g/mol. The quantitative estimate of drug-likeness (QED) is 0.432. The summed E-state index contributed by atoms with van der Waals surface area (Å²) in [5, 5.41) is 0. The third kappa shape index (κ3) is 12.3. The second kappa shape index (κ2) is 12.3. The molecule has 0 atom stereocenters. The van der Waals surface area contributed by atoms with Crippen molar-refractivity contribution in [3.8, 4) is 0 Å². The van der Waals surface area contributed by atoms with Crippen LogP contribution in [0, 0.1) is 0 Å². The Morgan fingerprint density at radius 2 is 1.38 bits per heavy atom. The summed E-state index contributed by atoms with van der Waals surface area (Å²) in [6.07, 6.45) is 11.3. The standard InChI is InChI=1S/C11H25NS/c1-2-3-4-5-6-7-8-9-10-13-11-12/h2-12H2,1H3. The molecule has 0 aromatic heterocycles. The molecule has 0 heterocycles. The van der Waals surface area contributed by atoms with Gasteiger partial charge in [-0.15, -0.1) is 11.8 Å². The molecular weight excluding hydrogens is 178 g/mol. The van der Waals surface area contributed by atoms with Gasteiger partial charge in [0.25, 0.3) is 0 Å². The molecule has 0 rings (SSSR count). The Morgan fingerprint density at radius 3 is 1.92 bits per heavy atom. The summed E-state index contributed by atoms with van der Waals surface area (Å²) >= 11 is 1.86.